The molecular formula is C13H20N2OS. The van der Waals surface area contributed by atoms with E-state index in [0.29, 0.717) is 6.04 Å². The molecule has 0 aromatic carbocycles. The summed E-state index contributed by atoms with van der Waals surface area (Å²) >= 11 is 1.60. The summed E-state index contributed by atoms with van der Waals surface area (Å²) in [7, 11) is 1.94. The van der Waals surface area contributed by atoms with Crippen LogP contribution in [0.5, 0.6) is 0 Å². The lowest BCUT2D eigenvalue weighted by atomic mass is 10.1. The molecule has 94 valence electrons. The lowest BCUT2D eigenvalue weighted by Gasteiger charge is -2.27. The smallest absolute Gasteiger partial charge is 0.254 e. The maximum atomic E-state index is 12.4. The molecule has 2 rings (SSSR count). The highest BCUT2D eigenvalue weighted by molar-refractivity contribution is 7.08. The van der Waals surface area contributed by atoms with Crippen molar-refractivity contribution in [1.29, 1.82) is 0 Å². The molecule has 0 saturated carbocycles. The summed E-state index contributed by atoms with van der Waals surface area (Å²) in [5, 5.41) is 7.38. The normalized spacial score (nSPS) is 20.9. The van der Waals surface area contributed by atoms with Crippen LogP contribution in [-0.2, 0) is 0 Å². The van der Waals surface area contributed by atoms with Gasteiger partial charge >= 0.3 is 0 Å². The number of hydrogen-bond donors (Lipinski definition) is 1. The van der Waals surface area contributed by atoms with Gasteiger partial charge in [0.2, 0.25) is 0 Å². The van der Waals surface area contributed by atoms with E-state index >= 15 is 0 Å². The molecule has 1 fully saturated rings. The molecule has 0 bridgehead atoms. The first-order valence-electron chi connectivity index (χ1n) is 6.21. The molecule has 1 saturated heterocycles. The second-order valence-corrected chi connectivity index (χ2v) is 5.46. The maximum Gasteiger partial charge on any atom is 0.254 e. The molecule has 0 radical (unpaired) electrons. The van der Waals surface area contributed by atoms with Crippen LogP contribution in [0, 0.1) is 6.92 Å². The summed E-state index contributed by atoms with van der Waals surface area (Å²) in [5.74, 6) is 0.177. The summed E-state index contributed by atoms with van der Waals surface area (Å²) in [6.45, 7) is 4.10. The molecule has 4 heteroatoms. The number of hydrogen-bond acceptors (Lipinski definition) is 3. The second kappa shape index (κ2) is 5.65. The van der Waals surface area contributed by atoms with E-state index < -0.39 is 0 Å². The van der Waals surface area contributed by atoms with Gasteiger partial charge < -0.3 is 10.2 Å². The van der Waals surface area contributed by atoms with Crippen LogP contribution in [0.25, 0.3) is 0 Å². The van der Waals surface area contributed by atoms with E-state index in [-0.39, 0.29) is 5.91 Å². The monoisotopic (exact) mass is 252 g/mol. The zero-order chi connectivity index (χ0) is 12.3. The predicted molar refractivity (Wildman–Crippen MR) is 71.7 cm³/mol. The number of nitrogens with zero attached hydrogens (tertiary/aromatic N) is 1. The first kappa shape index (κ1) is 12.6. The third kappa shape index (κ3) is 2.87. The van der Waals surface area contributed by atoms with Crippen LogP contribution >= 0.6 is 11.3 Å². The van der Waals surface area contributed by atoms with Crippen molar-refractivity contribution < 1.29 is 4.79 Å². The lowest BCUT2D eigenvalue weighted by molar-refractivity contribution is 0.0720. The minimum atomic E-state index is 0.177. The van der Waals surface area contributed by atoms with E-state index in [1.165, 1.54) is 0 Å². The van der Waals surface area contributed by atoms with Crippen LogP contribution in [0.4, 0.5) is 0 Å². The van der Waals surface area contributed by atoms with Crippen molar-refractivity contribution in [3.63, 3.8) is 0 Å². The highest BCUT2D eigenvalue weighted by Crippen LogP contribution is 2.19. The molecule has 3 nitrogen and oxygen atoms in total. The van der Waals surface area contributed by atoms with Crippen LogP contribution < -0.4 is 5.32 Å². The number of nitrogens with one attached hydrogen (secondary N) is 1. The molecule has 0 spiro atoms. The van der Waals surface area contributed by atoms with Gasteiger partial charge in [-0.25, -0.2) is 0 Å². The second-order valence-electron chi connectivity index (χ2n) is 4.72. The van der Waals surface area contributed by atoms with Crippen molar-refractivity contribution in [1.82, 2.24) is 10.2 Å². The fraction of sp³-hybridized carbons (Fsp3) is 0.615. The molecule has 1 unspecified atom stereocenters. The Morgan fingerprint density at radius 1 is 1.41 bits per heavy atom. The van der Waals surface area contributed by atoms with Gasteiger partial charge in [0.15, 0.2) is 0 Å². The van der Waals surface area contributed by atoms with Gasteiger partial charge in [-0.15, -0.1) is 0 Å². The summed E-state index contributed by atoms with van der Waals surface area (Å²) in [6.07, 6.45) is 3.33. The standard InChI is InChI=1S/C13H20N2OS/c1-10-8-17-9-12(10)13(16)15(2)11-4-3-6-14-7-5-11/h8-9,11,14H,3-7H2,1-2H3. The topological polar surface area (TPSA) is 32.3 Å². The van der Waals surface area contributed by atoms with Crippen molar-refractivity contribution >= 4 is 17.2 Å². The Labute approximate surface area is 107 Å². The fourth-order valence-electron chi connectivity index (χ4n) is 2.32. The third-order valence-electron chi connectivity index (χ3n) is 3.50. The summed E-state index contributed by atoms with van der Waals surface area (Å²) in [6, 6.07) is 0.386. The van der Waals surface area contributed by atoms with E-state index in [1.54, 1.807) is 11.3 Å². The van der Waals surface area contributed by atoms with E-state index in [9.17, 15) is 4.79 Å². The van der Waals surface area contributed by atoms with Gasteiger partial charge in [0.05, 0.1) is 5.56 Å². The summed E-state index contributed by atoms with van der Waals surface area (Å²) < 4.78 is 0. The maximum absolute atomic E-state index is 12.4. The number of carbonyl (C=O) groups excluding carboxylic acids is 1. The number of aryl methyl sites for hydroxylation is 1. The Morgan fingerprint density at radius 3 is 2.94 bits per heavy atom. The van der Waals surface area contributed by atoms with E-state index in [4.69, 9.17) is 0 Å². The van der Waals surface area contributed by atoms with Crippen LogP contribution in [0.1, 0.15) is 35.2 Å². The van der Waals surface area contributed by atoms with Crippen molar-refractivity contribution in [2.75, 3.05) is 20.1 Å². The first-order chi connectivity index (χ1) is 8.20. The average Bonchev–Trinajstić information content (AvgIpc) is 2.60. The predicted octanol–water partition coefficient (Wildman–Crippen LogP) is 2.27. The molecular weight excluding hydrogens is 232 g/mol. The molecule has 17 heavy (non-hydrogen) atoms. The van der Waals surface area contributed by atoms with Gasteiger partial charge in [0.1, 0.15) is 0 Å². The Bertz CT molecular complexity index is 381. The van der Waals surface area contributed by atoms with Gasteiger partial charge in [-0.3, -0.25) is 4.79 Å². The van der Waals surface area contributed by atoms with Crippen molar-refractivity contribution in [3.05, 3.63) is 21.9 Å². The molecule has 1 amide bonds. The van der Waals surface area contributed by atoms with Gasteiger partial charge in [0.25, 0.3) is 5.91 Å². The SMILES string of the molecule is Cc1cscc1C(=O)N(C)C1CCCNCC1. The number of amides is 1. The minimum absolute atomic E-state index is 0.177. The summed E-state index contributed by atoms with van der Waals surface area (Å²) in [4.78, 5) is 14.3. The van der Waals surface area contributed by atoms with Gasteiger partial charge in [-0.1, -0.05) is 0 Å². The zero-order valence-electron chi connectivity index (χ0n) is 10.5. The Kier molecular flexibility index (Phi) is 4.18. The first-order valence-corrected chi connectivity index (χ1v) is 7.15. The molecule has 1 N–H and O–H groups in total. The van der Waals surface area contributed by atoms with E-state index in [2.05, 4.69) is 5.32 Å². The Balaban J connectivity index is 2.06. The Hall–Kier alpha value is -0.870. The highest BCUT2D eigenvalue weighted by Gasteiger charge is 2.23. The molecule has 1 atom stereocenters. The van der Waals surface area contributed by atoms with Gasteiger partial charge in [0, 0.05) is 18.5 Å². The lowest BCUT2D eigenvalue weighted by Crippen LogP contribution is -2.37. The average molecular weight is 252 g/mol. The fourth-order valence-corrected chi connectivity index (χ4v) is 3.15. The molecule has 2 heterocycles. The zero-order valence-corrected chi connectivity index (χ0v) is 11.3. The minimum Gasteiger partial charge on any atom is -0.339 e. The van der Waals surface area contributed by atoms with Gasteiger partial charge in [-0.2, -0.15) is 11.3 Å². The summed E-state index contributed by atoms with van der Waals surface area (Å²) in [5.41, 5.74) is 1.97. The number of rotatable bonds is 2. The van der Waals surface area contributed by atoms with Crippen molar-refractivity contribution in [2.45, 2.75) is 32.2 Å². The Morgan fingerprint density at radius 2 is 2.24 bits per heavy atom. The van der Waals surface area contributed by atoms with Crippen LogP contribution in [0.2, 0.25) is 0 Å². The molecule has 1 aromatic heterocycles. The molecule has 0 aliphatic carbocycles. The quantitative estimate of drug-likeness (QED) is 0.875. The molecule has 1 aromatic rings. The van der Waals surface area contributed by atoms with Crippen molar-refractivity contribution in [2.24, 2.45) is 0 Å². The highest BCUT2D eigenvalue weighted by atomic mass is 32.1. The third-order valence-corrected chi connectivity index (χ3v) is 4.36. The van der Waals surface area contributed by atoms with E-state index in [1.807, 2.05) is 29.6 Å². The molecule has 1 aliphatic rings. The largest absolute Gasteiger partial charge is 0.339 e. The van der Waals surface area contributed by atoms with Crippen LogP contribution in [0.15, 0.2) is 10.8 Å². The van der Waals surface area contributed by atoms with E-state index in [0.717, 1.165) is 43.5 Å². The van der Waals surface area contributed by atoms with Crippen LogP contribution in [-0.4, -0.2) is 37.0 Å². The van der Waals surface area contributed by atoms with Crippen molar-refractivity contribution in [3.8, 4) is 0 Å². The van der Waals surface area contributed by atoms with Gasteiger partial charge in [-0.05, 0) is 50.2 Å². The number of thiophene rings is 1. The molecule has 1 aliphatic heterocycles. The number of carbonyl (C=O) groups is 1. The van der Waals surface area contributed by atoms with Crippen LogP contribution in [0.3, 0.4) is 0 Å².